The van der Waals surface area contributed by atoms with Crippen LogP contribution in [0.3, 0.4) is 0 Å². The third-order valence-electron chi connectivity index (χ3n) is 11.5. The zero-order valence-corrected chi connectivity index (χ0v) is 30.5. The molecule has 3 aliphatic rings. The zero-order chi connectivity index (χ0) is 35.7. The van der Waals surface area contributed by atoms with Gasteiger partial charge >= 0.3 is 0 Å². The lowest BCUT2D eigenvalue weighted by molar-refractivity contribution is -0.130. The van der Waals surface area contributed by atoms with E-state index < -0.39 is 0 Å². The number of hydrogen-bond acceptors (Lipinski definition) is 5. The number of fused-ring (bicyclic) bond motifs is 4. The summed E-state index contributed by atoms with van der Waals surface area (Å²) in [6, 6.07) is 17.7. The number of carbonyl (C=O) groups is 2. The molecule has 3 aliphatic heterocycles. The van der Waals surface area contributed by atoms with Crippen molar-refractivity contribution in [3.05, 3.63) is 83.4 Å². The largest absolute Gasteiger partial charge is 0.381 e. The van der Waals surface area contributed by atoms with Crippen LogP contribution in [0.15, 0.2) is 60.9 Å². The van der Waals surface area contributed by atoms with E-state index >= 15 is 0 Å². The minimum absolute atomic E-state index is 0.0851. The first-order valence-electron chi connectivity index (χ1n) is 18.7. The molecule has 0 spiro atoms. The van der Waals surface area contributed by atoms with Gasteiger partial charge in [0.25, 0.3) is 0 Å². The number of aromatic nitrogens is 6. The minimum atomic E-state index is 0.0851. The van der Waals surface area contributed by atoms with E-state index in [0.29, 0.717) is 38.9 Å². The van der Waals surface area contributed by atoms with Gasteiger partial charge in [0.1, 0.15) is 6.67 Å². The van der Waals surface area contributed by atoms with Crippen molar-refractivity contribution in [3.63, 3.8) is 0 Å². The van der Waals surface area contributed by atoms with Crippen LogP contribution in [0.5, 0.6) is 0 Å². The summed E-state index contributed by atoms with van der Waals surface area (Å²) in [7, 11) is 0. The standard InChI is InChI=1S/C41H46N8O3/c1-26(2)47-24-33(31-10-6-8-12-37(31)47)40-34-22-44(27(3)50)17-13-38(34)48(42-40)25-46-21-32(30-9-5-7-11-36(30)46)41-35-23-45(28(4)51)18-14-39(35)49(43-41)29-15-19-52-20-16-29/h5-12,21,24,26,29H,13-20,22-23,25H2,1-4H3. The van der Waals surface area contributed by atoms with E-state index in [4.69, 9.17) is 14.9 Å². The second kappa shape index (κ2) is 12.8. The highest BCUT2D eigenvalue weighted by atomic mass is 16.5. The number of hydrogen-bond donors (Lipinski definition) is 0. The molecule has 6 aromatic rings. The van der Waals surface area contributed by atoms with Crippen LogP contribution in [0.2, 0.25) is 0 Å². The summed E-state index contributed by atoms with van der Waals surface area (Å²) in [5.41, 5.74) is 11.1. The van der Waals surface area contributed by atoms with Crippen molar-refractivity contribution in [1.82, 2.24) is 38.5 Å². The van der Waals surface area contributed by atoms with Crippen LogP contribution in [0.4, 0.5) is 0 Å². The van der Waals surface area contributed by atoms with Crippen LogP contribution in [-0.2, 0) is 46.9 Å². The summed E-state index contributed by atoms with van der Waals surface area (Å²) >= 11 is 0. The Morgan fingerprint density at radius 3 is 2.02 bits per heavy atom. The molecule has 0 atom stereocenters. The molecule has 7 heterocycles. The van der Waals surface area contributed by atoms with Gasteiger partial charge in [0, 0.05) is 134 Å². The molecule has 2 aromatic carbocycles. The van der Waals surface area contributed by atoms with E-state index in [1.54, 1.807) is 13.8 Å². The van der Waals surface area contributed by atoms with Crippen molar-refractivity contribution in [2.45, 2.75) is 85.2 Å². The van der Waals surface area contributed by atoms with Crippen LogP contribution in [0, 0.1) is 0 Å². The number of benzene rings is 2. The van der Waals surface area contributed by atoms with Crippen molar-refractivity contribution in [3.8, 4) is 22.5 Å². The third kappa shape index (κ3) is 5.36. The molecule has 0 aliphatic carbocycles. The second-order valence-corrected chi connectivity index (χ2v) is 14.9. The molecular weight excluding hydrogens is 653 g/mol. The second-order valence-electron chi connectivity index (χ2n) is 14.9. The van der Waals surface area contributed by atoms with Crippen molar-refractivity contribution < 1.29 is 14.3 Å². The Kier molecular flexibility index (Phi) is 8.06. The molecule has 9 rings (SSSR count). The average Bonchev–Trinajstić information content (AvgIpc) is 3.92. The smallest absolute Gasteiger partial charge is 0.219 e. The predicted octanol–water partition coefficient (Wildman–Crippen LogP) is 6.57. The fourth-order valence-electron chi connectivity index (χ4n) is 8.77. The first kappa shape index (κ1) is 32.7. The van der Waals surface area contributed by atoms with Gasteiger partial charge in [0.05, 0.1) is 22.9 Å². The van der Waals surface area contributed by atoms with Gasteiger partial charge in [-0.25, -0.2) is 4.68 Å². The predicted molar refractivity (Wildman–Crippen MR) is 201 cm³/mol. The van der Waals surface area contributed by atoms with Gasteiger partial charge < -0.3 is 23.7 Å². The van der Waals surface area contributed by atoms with Gasteiger partial charge in [-0.15, -0.1) is 0 Å². The molecule has 268 valence electrons. The topological polar surface area (TPSA) is 95.3 Å². The molecule has 1 fully saturated rings. The highest BCUT2D eigenvalue weighted by Crippen LogP contribution is 2.40. The van der Waals surface area contributed by atoms with Crippen LogP contribution in [0.1, 0.15) is 75.1 Å². The number of carbonyl (C=O) groups excluding carboxylic acids is 2. The van der Waals surface area contributed by atoms with Crippen LogP contribution in [-0.4, -0.2) is 76.6 Å². The van der Waals surface area contributed by atoms with Gasteiger partial charge in [0.15, 0.2) is 0 Å². The molecule has 0 bridgehead atoms. The average molecular weight is 699 g/mol. The van der Waals surface area contributed by atoms with E-state index in [-0.39, 0.29) is 17.9 Å². The SMILES string of the molecule is CC(=O)N1CCc2c(c(-c3cn(C(C)C)c4ccccc34)nn2Cn2cc(-c3nn(C4CCOCC4)c4c3CN(C(C)=O)CC4)c3ccccc32)C1. The Balaban J connectivity index is 1.18. The molecule has 11 nitrogen and oxygen atoms in total. The molecule has 2 amide bonds. The van der Waals surface area contributed by atoms with E-state index in [9.17, 15) is 9.59 Å². The number of ether oxygens (including phenoxy) is 1. The molecular formula is C41H46N8O3. The summed E-state index contributed by atoms with van der Waals surface area (Å²) in [6.45, 7) is 12.2. The van der Waals surface area contributed by atoms with Gasteiger partial charge in [-0.2, -0.15) is 10.2 Å². The minimum Gasteiger partial charge on any atom is -0.381 e. The summed E-state index contributed by atoms with van der Waals surface area (Å²) in [5.74, 6) is 0.179. The van der Waals surface area contributed by atoms with Crippen LogP contribution < -0.4 is 0 Å². The molecule has 1 saturated heterocycles. The zero-order valence-electron chi connectivity index (χ0n) is 30.5. The number of para-hydroxylation sites is 2. The van der Waals surface area contributed by atoms with Crippen LogP contribution >= 0.6 is 0 Å². The highest BCUT2D eigenvalue weighted by Gasteiger charge is 2.32. The lowest BCUT2D eigenvalue weighted by Gasteiger charge is -2.29. The van der Waals surface area contributed by atoms with E-state index in [1.807, 2.05) is 9.80 Å². The Morgan fingerprint density at radius 1 is 0.769 bits per heavy atom. The number of amides is 2. The van der Waals surface area contributed by atoms with E-state index in [2.05, 4.69) is 93.3 Å². The van der Waals surface area contributed by atoms with Gasteiger partial charge in [-0.3, -0.25) is 14.3 Å². The van der Waals surface area contributed by atoms with Crippen molar-refractivity contribution in [1.29, 1.82) is 0 Å². The Bertz CT molecular complexity index is 2350. The summed E-state index contributed by atoms with van der Waals surface area (Å²) in [5, 5.41) is 13.1. The summed E-state index contributed by atoms with van der Waals surface area (Å²) < 4.78 is 14.8. The van der Waals surface area contributed by atoms with Gasteiger partial charge in [-0.1, -0.05) is 36.4 Å². The summed E-state index contributed by atoms with van der Waals surface area (Å²) in [4.78, 5) is 29.2. The van der Waals surface area contributed by atoms with E-state index in [0.717, 1.165) is 83.4 Å². The molecule has 52 heavy (non-hydrogen) atoms. The normalized spacial score (nSPS) is 16.6. The van der Waals surface area contributed by atoms with Gasteiger partial charge in [0.2, 0.25) is 11.8 Å². The fourth-order valence-corrected chi connectivity index (χ4v) is 8.77. The first-order chi connectivity index (χ1) is 25.3. The maximum Gasteiger partial charge on any atom is 0.219 e. The quantitative estimate of drug-likeness (QED) is 0.196. The highest BCUT2D eigenvalue weighted by molar-refractivity contribution is 5.97. The lowest BCUT2D eigenvalue weighted by atomic mass is 9.99. The fraction of sp³-hybridized carbons (Fsp3) is 0.415. The first-order valence-corrected chi connectivity index (χ1v) is 18.7. The van der Waals surface area contributed by atoms with Crippen molar-refractivity contribution >= 4 is 33.6 Å². The molecule has 4 aromatic heterocycles. The number of rotatable bonds is 6. The van der Waals surface area contributed by atoms with Crippen molar-refractivity contribution in [2.75, 3.05) is 26.3 Å². The molecule has 0 saturated carbocycles. The van der Waals surface area contributed by atoms with Crippen molar-refractivity contribution in [2.24, 2.45) is 0 Å². The Morgan fingerprint density at radius 2 is 1.35 bits per heavy atom. The molecule has 0 radical (unpaired) electrons. The number of nitrogens with zero attached hydrogens (tertiary/aromatic N) is 8. The van der Waals surface area contributed by atoms with Gasteiger partial charge in [-0.05, 0) is 38.8 Å². The molecule has 11 heteroatoms. The third-order valence-corrected chi connectivity index (χ3v) is 11.5. The van der Waals surface area contributed by atoms with Crippen LogP contribution in [0.25, 0.3) is 44.3 Å². The molecule has 0 N–H and O–H groups in total. The maximum atomic E-state index is 12.7. The monoisotopic (exact) mass is 698 g/mol. The molecule has 0 unspecified atom stereocenters. The van der Waals surface area contributed by atoms with E-state index in [1.165, 1.54) is 22.3 Å². The lowest BCUT2D eigenvalue weighted by Crippen LogP contribution is -2.35. The Hall–Kier alpha value is -5.16. The maximum absolute atomic E-state index is 12.7. The Labute approximate surface area is 303 Å². The summed E-state index contributed by atoms with van der Waals surface area (Å²) in [6.07, 6.45) is 7.88.